The van der Waals surface area contributed by atoms with Crippen LogP contribution in [-0.2, 0) is 9.59 Å². The summed E-state index contributed by atoms with van der Waals surface area (Å²) in [6.45, 7) is 3.77. The van der Waals surface area contributed by atoms with Crippen molar-refractivity contribution >= 4 is 11.8 Å². The van der Waals surface area contributed by atoms with Crippen LogP contribution < -0.4 is 10.6 Å². The first-order chi connectivity index (χ1) is 6.75. The first-order valence-electron chi connectivity index (χ1n) is 5.03. The van der Waals surface area contributed by atoms with Gasteiger partial charge in [0.05, 0.1) is 0 Å². The molecule has 0 aliphatic carbocycles. The lowest BCUT2D eigenvalue weighted by atomic mass is 10.0. The van der Waals surface area contributed by atoms with Gasteiger partial charge in [-0.05, 0) is 0 Å². The number of amides is 2. The molecule has 0 aromatic carbocycles. The van der Waals surface area contributed by atoms with E-state index in [0.717, 1.165) is 26.2 Å². The zero-order valence-corrected chi connectivity index (χ0v) is 8.08. The first kappa shape index (κ1) is 9.61. The lowest BCUT2D eigenvalue weighted by Crippen LogP contribution is -2.53. The Labute approximate surface area is 82.8 Å². The zero-order chi connectivity index (χ0) is 9.97. The maximum atomic E-state index is 11.2. The van der Waals surface area contributed by atoms with Crippen LogP contribution in [0.1, 0.15) is 12.8 Å². The molecule has 2 rings (SSSR count). The van der Waals surface area contributed by atoms with Gasteiger partial charge in [-0.25, -0.2) is 0 Å². The van der Waals surface area contributed by atoms with E-state index in [0.29, 0.717) is 12.8 Å². The summed E-state index contributed by atoms with van der Waals surface area (Å²) in [6.07, 6.45) is 0.928. The summed E-state index contributed by atoms with van der Waals surface area (Å²) < 4.78 is 0. The molecule has 0 aromatic heterocycles. The number of carbonyl (C=O) groups excluding carboxylic acids is 2. The number of rotatable bonds is 1. The van der Waals surface area contributed by atoms with Crippen LogP contribution in [-0.4, -0.2) is 48.9 Å². The fourth-order valence-electron chi connectivity index (χ4n) is 2.06. The summed E-state index contributed by atoms with van der Waals surface area (Å²) in [5.74, 6) is -0.269. The van der Waals surface area contributed by atoms with E-state index < -0.39 is 0 Å². The average Bonchev–Trinajstić information content (AvgIpc) is 2.18. The first-order valence-corrected chi connectivity index (χ1v) is 5.03. The van der Waals surface area contributed by atoms with Gasteiger partial charge in [-0.1, -0.05) is 0 Å². The Morgan fingerprint density at radius 1 is 1.07 bits per heavy atom. The van der Waals surface area contributed by atoms with Crippen molar-refractivity contribution in [3.63, 3.8) is 0 Å². The number of piperazine rings is 1. The van der Waals surface area contributed by atoms with Crippen LogP contribution in [0.25, 0.3) is 0 Å². The van der Waals surface area contributed by atoms with Crippen molar-refractivity contribution in [2.75, 3.05) is 26.2 Å². The normalized spacial score (nSPS) is 26.3. The molecule has 2 N–H and O–H groups in total. The van der Waals surface area contributed by atoms with E-state index in [1.807, 2.05) is 0 Å². The molecule has 2 aliphatic rings. The largest absolute Gasteiger partial charge is 0.314 e. The number of nitrogens with one attached hydrogen (secondary N) is 2. The Bertz CT molecular complexity index is 232. The predicted molar refractivity (Wildman–Crippen MR) is 50.6 cm³/mol. The van der Waals surface area contributed by atoms with Gasteiger partial charge in [0.2, 0.25) is 11.8 Å². The van der Waals surface area contributed by atoms with Crippen LogP contribution in [0.15, 0.2) is 0 Å². The predicted octanol–water partition coefficient (Wildman–Crippen LogP) is -1.30. The summed E-state index contributed by atoms with van der Waals surface area (Å²) in [6, 6.07) is 0.123. The van der Waals surface area contributed by atoms with E-state index in [-0.39, 0.29) is 17.9 Å². The van der Waals surface area contributed by atoms with E-state index in [9.17, 15) is 9.59 Å². The highest BCUT2D eigenvalue weighted by molar-refractivity contribution is 5.98. The monoisotopic (exact) mass is 197 g/mol. The van der Waals surface area contributed by atoms with E-state index in [4.69, 9.17) is 0 Å². The van der Waals surface area contributed by atoms with Crippen molar-refractivity contribution in [1.29, 1.82) is 0 Å². The standard InChI is InChI=1S/C9H15N3O2/c13-8-5-7(6-9(14)11-8)12-3-1-10-2-4-12/h7,10H,1-6H2,(H,11,13,14). The average molecular weight is 197 g/mol. The Hall–Kier alpha value is -0.940. The minimum Gasteiger partial charge on any atom is -0.314 e. The van der Waals surface area contributed by atoms with Gasteiger partial charge in [0.1, 0.15) is 0 Å². The van der Waals surface area contributed by atoms with Crippen LogP contribution in [0.5, 0.6) is 0 Å². The van der Waals surface area contributed by atoms with Crippen LogP contribution in [0.2, 0.25) is 0 Å². The van der Waals surface area contributed by atoms with E-state index in [2.05, 4.69) is 15.5 Å². The molecule has 0 spiro atoms. The summed E-state index contributed by atoms with van der Waals surface area (Å²) in [5.41, 5.74) is 0. The number of carbonyl (C=O) groups is 2. The van der Waals surface area contributed by atoms with Gasteiger partial charge < -0.3 is 5.32 Å². The van der Waals surface area contributed by atoms with E-state index in [1.54, 1.807) is 0 Å². The van der Waals surface area contributed by atoms with E-state index in [1.165, 1.54) is 0 Å². The summed E-state index contributed by atoms with van der Waals surface area (Å²) in [7, 11) is 0. The van der Waals surface area contributed by atoms with Crippen LogP contribution >= 0.6 is 0 Å². The highest BCUT2D eigenvalue weighted by atomic mass is 16.2. The number of hydrogen-bond acceptors (Lipinski definition) is 4. The minimum absolute atomic E-state index is 0.123. The molecule has 5 heteroatoms. The second-order valence-electron chi connectivity index (χ2n) is 3.82. The third kappa shape index (κ3) is 2.10. The zero-order valence-electron chi connectivity index (χ0n) is 8.08. The van der Waals surface area contributed by atoms with Crippen molar-refractivity contribution in [3.8, 4) is 0 Å². The lowest BCUT2D eigenvalue weighted by Gasteiger charge is -2.35. The molecule has 2 aliphatic heterocycles. The van der Waals surface area contributed by atoms with E-state index >= 15 is 0 Å². The molecule has 14 heavy (non-hydrogen) atoms. The molecule has 2 fully saturated rings. The lowest BCUT2D eigenvalue weighted by molar-refractivity contribution is -0.135. The molecule has 5 nitrogen and oxygen atoms in total. The Kier molecular flexibility index (Phi) is 2.79. The smallest absolute Gasteiger partial charge is 0.228 e. The van der Waals surface area contributed by atoms with Crippen molar-refractivity contribution in [1.82, 2.24) is 15.5 Å². The van der Waals surface area contributed by atoms with Crippen molar-refractivity contribution in [2.24, 2.45) is 0 Å². The Morgan fingerprint density at radius 2 is 1.64 bits per heavy atom. The van der Waals surface area contributed by atoms with Gasteiger partial charge in [-0.2, -0.15) is 0 Å². The topological polar surface area (TPSA) is 61.4 Å². The molecule has 78 valence electrons. The number of nitrogens with zero attached hydrogens (tertiary/aromatic N) is 1. The molecule has 0 atom stereocenters. The Morgan fingerprint density at radius 3 is 2.21 bits per heavy atom. The summed E-state index contributed by atoms with van der Waals surface area (Å²) in [4.78, 5) is 24.5. The number of imide groups is 1. The molecule has 0 aromatic rings. The molecule has 0 radical (unpaired) electrons. The van der Waals surface area contributed by atoms with Crippen LogP contribution in [0.3, 0.4) is 0 Å². The van der Waals surface area contributed by atoms with Crippen LogP contribution in [0, 0.1) is 0 Å². The van der Waals surface area contributed by atoms with Gasteiger partial charge >= 0.3 is 0 Å². The molecular formula is C9H15N3O2. The summed E-state index contributed by atoms with van der Waals surface area (Å²) in [5, 5.41) is 5.58. The second-order valence-corrected chi connectivity index (χ2v) is 3.82. The van der Waals surface area contributed by atoms with Gasteiger partial charge in [0.15, 0.2) is 0 Å². The molecule has 2 amide bonds. The maximum absolute atomic E-state index is 11.2. The molecule has 2 saturated heterocycles. The third-order valence-corrected chi connectivity index (χ3v) is 2.79. The molecular weight excluding hydrogens is 182 g/mol. The second kappa shape index (κ2) is 4.06. The summed E-state index contributed by atoms with van der Waals surface area (Å²) >= 11 is 0. The quantitative estimate of drug-likeness (QED) is 0.513. The fourth-order valence-corrected chi connectivity index (χ4v) is 2.06. The van der Waals surface area contributed by atoms with Crippen molar-refractivity contribution in [3.05, 3.63) is 0 Å². The van der Waals surface area contributed by atoms with Gasteiger partial charge in [0.25, 0.3) is 0 Å². The SMILES string of the molecule is O=C1CC(N2CCNCC2)CC(=O)N1. The molecule has 0 bridgehead atoms. The molecule has 0 saturated carbocycles. The number of hydrogen-bond donors (Lipinski definition) is 2. The fraction of sp³-hybridized carbons (Fsp3) is 0.778. The van der Waals surface area contributed by atoms with Gasteiger partial charge in [-0.15, -0.1) is 0 Å². The molecule has 0 unspecified atom stereocenters. The maximum Gasteiger partial charge on any atom is 0.228 e. The van der Waals surface area contributed by atoms with Crippen molar-refractivity contribution in [2.45, 2.75) is 18.9 Å². The highest BCUT2D eigenvalue weighted by Crippen LogP contribution is 2.13. The Balaban J connectivity index is 1.95. The van der Waals surface area contributed by atoms with Crippen molar-refractivity contribution < 1.29 is 9.59 Å². The van der Waals surface area contributed by atoms with Crippen LogP contribution in [0.4, 0.5) is 0 Å². The number of piperidine rings is 1. The van der Waals surface area contributed by atoms with Gasteiger partial charge in [-0.3, -0.25) is 19.8 Å². The third-order valence-electron chi connectivity index (χ3n) is 2.79. The van der Waals surface area contributed by atoms with Gasteiger partial charge in [0, 0.05) is 45.1 Å². The minimum atomic E-state index is -0.134. The highest BCUT2D eigenvalue weighted by Gasteiger charge is 2.29. The molecule has 2 heterocycles.